The normalized spacial score (nSPS) is 21.8. The van der Waals surface area contributed by atoms with Gasteiger partial charge in [0.2, 0.25) is 10.0 Å². The molecule has 5 heteroatoms. The van der Waals surface area contributed by atoms with Crippen LogP contribution in [0.25, 0.3) is 0 Å². The van der Waals surface area contributed by atoms with Crippen molar-refractivity contribution in [1.82, 2.24) is 4.31 Å². The predicted molar refractivity (Wildman–Crippen MR) is 74.5 cm³/mol. The predicted octanol–water partition coefficient (Wildman–Crippen LogP) is 1.74. The molecule has 0 aromatic heterocycles. The third-order valence-electron chi connectivity index (χ3n) is 3.44. The molecule has 1 N–H and O–H groups in total. The van der Waals surface area contributed by atoms with Crippen molar-refractivity contribution in [2.45, 2.75) is 43.6 Å². The fourth-order valence-corrected chi connectivity index (χ4v) is 4.27. The first kappa shape index (κ1) is 14.5. The highest BCUT2D eigenvalue weighted by atomic mass is 32.2. The van der Waals surface area contributed by atoms with Gasteiger partial charge in [0.05, 0.1) is 11.0 Å². The van der Waals surface area contributed by atoms with E-state index < -0.39 is 16.1 Å². The van der Waals surface area contributed by atoms with Gasteiger partial charge in [0.1, 0.15) is 0 Å². The summed E-state index contributed by atoms with van der Waals surface area (Å²) in [5.74, 6) is 0. The molecule has 2 rings (SSSR count). The van der Waals surface area contributed by atoms with Crippen molar-refractivity contribution in [1.29, 1.82) is 0 Å². The molecule has 4 nitrogen and oxygen atoms in total. The molecule has 19 heavy (non-hydrogen) atoms. The van der Waals surface area contributed by atoms with Crippen molar-refractivity contribution in [2.75, 3.05) is 13.1 Å². The molecule has 0 saturated carbocycles. The van der Waals surface area contributed by atoms with Crippen LogP contribution in [0.4, 0.5) is 0 Å². The van der Waals surface area contributed by atoms with Crippen LogP contribution in [0.15, 0.2) is 29.2 Å². The van der Waals surface area contributed by atoms with E-state index >= 15 is 0 Å². The summed E-state index contributed by atoms with van der Waals surface area (Å²) >= 11 is 0. The highest BCUT2D eigenvalue weighted by molar-refractivity contribution is 7.89. The Morgan fingerprint density at radius 3 is 2.42 bits per heavy atom. The van der Waals surface area contributed by atoms with Gasteiger partial charge in [-0.1, -0.05) is 39.0 Å². The SMILES string of the molecule is CC(C)(C)c1ccccc1S(=O)(=O)N1CCC(O)C1. The van der Waals surface area contributed by atoms with Gasteiger partial charge in [0.15, 0.2) is 0 Å². The first-order chi connectivity index (χ1) is 8.73. The minimum Gasteiger partial charge on any atom is -0.392 e. The smallest absolute Gasteiger partial charge is 0.243 e. The lowest BCUT2D eigenvalue weighted by molar-refractivity contribution is 0.189. The van der Waals surface area contributed by atoms with Crippen LogP contribution in [0.3, 0.4) is 0 Å². The van der Waals surface area contributed by atoms with Crippen LogP contribution >= 0.6 is 0 Å². The van der Waals surface area contributed by atoms with Crippen molar-refractivity contribution in [3.63, 3.8) is 0 Å². The van der Waals surface area contributed by atoms with Crippen LogP contribution < -0.4 is 0 Å². The highest BCUT2D eigenvalue weighted by Crippen LogP contribution is 2.31. The third-order valence-corrected chi connectivity index (χ3v) is 5.36. The van der Waals surface area contributed by atoms with E-state index in [1.807, 2.05) is 32.9 Å². The maximum absolute atomic E-state index is 12.7. The zero-order valence-electron chi connectivity index (χ0n) is 11.6. The molecule has 1 saturated heterocycles. The number of aliphatic hydroxyl groups is 1. The fourth-order valence-electron chi connectivity index (χ4n) is 2.38. The maximum atomic E-state index is 12.7. The summed E-state index contributed by atoms with van der Waals surface area (Å²) in [5.41, 5.74) is 0.582. The number of hydrogen-bond donors (Lipinski definition) is 1. The molecule has 1 aromatic rings. The number of β-amino-alcohol motifs (C(OH)–C–C–N with tert-alkyl or cyclic N) is 1. The Balaban J connectivity index is 2.47. The van der Waals surface area contributed by atoms with Gasteiger partial charge >= 0.3 is 0 Å². The first-order valence-electron chi connectivity index (χ1n) is 6.50. The largest absolute Gasteiger partial charge is 0.392 e. The molecule has 1 unspecified atom stereocenters. The molecule has 0 aliphatic carbocycles. The summed E-state index contributed by atoms with van der Waals surface area (Å²) in [6.07, 6.45) is -0.0340. The van der Waals surface area contributed by atoms with Crippen molar-refractivity contribution >= 4 is 10.0 Å². The summed E-state index contributed by atoms with van der Waals surface area (Å²) < 4.78 is 26.7. The molecular weight excluding hydrogens is 262 g/mol. The average Bonchev–Trinajstić information content (AvgIpc) is 2.75. The number of rotatable bonds is 2. The summed E-state index contributed by atoms with van der Waals surface area (Å²) in [5, 5.41) is 9.53. The Morgan fingerprint density at radius 1 is 1.26 bits per heavy atom. The fraction of sp³-hybridized carbons (Fsp3) is 0.571. The van der Waals surface area contributed by atoms with Crippen molar-refractivity contribution < 1.29 is 13.5 Å². The van der Waals surface area contributed by atoms with E-state index in [0.29, 0.717) is 17.9 Å². The second kappa shape index (κ2) is 4.89. The number of benzene rings is 1. The van der Waals surface area contributed by atoms with Gasteiger partial charge in [-0.2, -0.15) is 4.31 Å². The zero-order chi connectivity index (χ0) is 14.3. The van der Waals surface area contributed by atoms with E-state index in [1.165, 1.54) is 4.31 Å². The van der Waals surface area contributed by atoms with Gasteiger partial charge in [-0.25, -0.2) is 8.42 Å². The monoisotopic (exact) mass is 283 g/mol. The number of hydrogen-bond acceptors (Lipinski definition) is 3. The van der Waals surface area contributed by atoms with E-state index in [1.54, 1.807) is 12.1 Å². The standard InChI is InChI=1S/C14H21NO3S/c1-14(2,3)12-6-4-5-7-13(12)19(17,18)15-9-8-11(16)10-15/h4-7,11,16H,8-10H2,1-3H3. The van der Waals surface area contributed by atoms with E-state index in [9.17, 15) is 13.5 Å². The molecule has 1 aliphatic heterocycles. The molecule has 106 valence electrons. The molecule has 0 spiro atoms. The molecule has 1 aromatic carbocycles. The van der Waals surface area contributed by atoms with Crippen LogP contribution in [-0.4, -0.2) is 37.0 Å². The van der Waals surface area contributed by atoms with E-state index in [4.69, 9.17) is 0 Å². The summed E-state index contributed by atoms with van der Waals surface area (Å²) in [6.45, 7) is 6.59. The van der Waals surface area contributed by atoms with Crippen molar-refractivity contribution in [3.8, 4) is 0 Å². The molecule has 0 bridgehead atoms. The molecule has 1 fully saturated rings. The van der Waals surface area contributed by atoms with Crippen LogP contribution in [0, 0.1) is 0 Å². The lowest BCUT2D eigenvalue weighted by atomic mass is 9.87. The van der Waals surface area contributed by atoms with Crippen LogP contribution in [0.2, 0.25) is 0 Å². The molecule has 1 aliphatic rings. The Hall–Kier alpha value is -0.910. The topological polar surface area (TPSA) is 57.6 Å². The van der Waals surface area contributed by atoms with Crippen molar-refractivity contribution in [2.24, 2.45) is 0 Å². The van der Waals surface area contributed by atoms with Gasteiger partial charge in [0.25, 0.3) is 0 Å². The third kappa shape index (κ3) is 2.83. The molecule has 0 radical (unpaired) electrons. The lowest BCUT2D eigenvalue weighted by Gasteiger charge is -2.25. The van der Waals surface area contributed by atoms with Crippen molar-refractivity contribution in [3.05, 3.63) is 29.8 Å². The zero-order valence-corrected chi connectivity index (χ0v) is 12.4. The van der Waals surface area contributed by atoms with Crippen LogP contribution in [0.1, 0.15) is 32.8 Å². The quantitative estimate of drug-likeness (QED) is 0.899. The minimum absolute atomic E-state index is 0.195. The summed E-state index contributed by atoms with van der Waals surface area (Å²) in [4.78, 5) is 0.358. The second-order valence-electron chi connectivity index (χ2n) is 6.05. The molecule has 1 heterocycles. The van der Waals surface area contributed by atoms with E-state index in [0.717, 1.165) is 5.56 Å². The Bertz CT molecular complexity index is 560. The Labute approximate surface area is 115 Å². The minimum atomic E-state index is -3.51. The highest BCUT2D eigenvalue weighted by Gasteiger charge is 2.34. The number of sulfonamides is 1. The van der Waals surface area contributed by atoms with Gasteiger partial charge in [-0.05, 0) is 23.5 Å². The van der Waals surface area contributed by atoms with Gasteiger partial charge in [-0.3, -0.25) is 0 Å². The first-order valence-corrected chi connectivity index (χ1v) is 7.94. The van der Waals surface area contributed by atoms with Gasteiger partial charge in [0, 0.05) is 13.1 Å². The number of nitrogens with zero attached hydrogens (tertiary/aromatic N) is 1. The van der Waals surface area contributed by atoms with Crippen LogP contribution in [-0.2, 0) is 15.4 Å². The molecular formula is C14H21NO3S. The summed E-state index contributed by atoms with van der Waals surface area (Å²) in [7, 11) is -3.51. The Kier molecular flexibility index (Phi) is 3.73. The lowest BCUT2D eigenvalue weighted by Crippen LogP contribution is -2.31. The molecule has 1 atom stereocenters. The average molecular weight is 283 g/mol. The summed E-state index contributed by atoms with van der Waals surface area (Å²) in [6, 6.07) is 7.12. The van der Waals surface area contributed by atoms with Crippen LogP contribution in [0.5, 0.6) is 0 Å². The van der Waals surface area contributed by atoms with E-state index in [2.05, 4.69) is 0 Å². The second-order valence-corrected chi connectivity index (χ2v) is 7.96. The van der Waals surface area contributed by atoms with E-state index in [-0.39, 0.29) is 12.0 Å². The van der Waals surface area contributed by atoms with Gasteiger partial charge < -0.3 is 5.11 Å². The maximum Gasteiger partial charge on any atom is 0.243 e. The molecule has 0 amide bonds. The van der Waals surface area contributed by atoms with Gasteiger partial charge in [-0.15, -0.1) is 0 Å². The number of aliphatic hydroxyl groups excluding tert-OH is 1. The Morgan fingerprint density at radius 2 is 1.89 bits per heavy atom.